The third-order valence-electron chi connectivity index (χ3n) is 7.72. The number of phenols is 1. The van der Waals surface area contributed by atoms with E-state index in [1.54, 1.807) is 6.07 Å². The number of nitrogens with one attached hydrogen (secondary N) is 1. The van der Waals surface area contributed by atoms with Gasteiger partial charge in [0.05, 0.1) is 5.60 Å². The number of carbonyl (C=O) groups excluding carboxylic acids is 1. The lowest BCUT2D eigenvalue weighted by molar-refractivity contribution is -0.126. The minimum Gasteiger partial charge on any atom is -0.508 e. The van der Waals surface area contributed by atoms with Gasteiger partial charge in [0.2, 0.25) is 0 Å². The zero-order valence-corrected chi connectivity index (χ0v) is 18.0. The van der Waals surface area contributed by atoms with Crippen LogP contribution in [0.2, 0.25) is 0 Å². The molecule has 0 radical (unpaired) electrons. The van der Waals surface area contributed by atoms with Gasteiger partial charge in [0.15, 0.2) is 0 Å². The molecule has 2 aliphatic carbocycles. The number of rotatable bonds is 5. The largest absolute Gasteiger partial charge is 0.508 e. The van der Waals surface area contributed by atoms with Crippen molar-refractivity contribution < 1.29 is 15.0 Å². The standard InChI is InChI=1S/C26H32N2O3/c29-23-8-4-7-21(15-23)25-13-14-28(17-19-9-10-19)18-26(25,31)12-11-22(16-25)27-24(30)20-5-2-1-3-6-20/h1-8,15,19,22,29,31H,9-14,16-18H2,(H,27,30)/t22-,25+,26+/m1/s1. The van der Waals surface area contributed by atoms with E-state index >= 15 is 0 Å². The van der Waals surface area contributed by atoms with Crippen molar-refractivity contribution in [1.29, 1.82) is 0 Å². The first-order valence-corrected chi connectivity index (χ1v) is 11.6. The molecule has 1 saturated heterocycles. The fraction of sp³-hybridized carbons (Fsp3) is 0.500. The minimum absolute atomic E-state index is 0.00897. The molecule has 2 saturated carbocycles. The van der Waals surface area contributed by atoms with Gasteiger partial charge in [-0.1, -0.05) is 30.3 Å². The second kappa shape index (κ2) is 7.95. The summed E-state index contributed by atoms with van der Waals surface area (Å²) in [7, 11) is 0. The highest BCUT2D eigenvalue weighted by molar-refractivity contribution is 5.94. The van der Waals surface area contributed by atoms with Crippen molar-refractivity contribution in [3.63, 3.8) is 0 Å². The van der Waals surface area contributed by atoms with Crippen molar-refractivity contribution >= 4 is 5.91 Å². The van der Waals surface area contributed by atoms with Gasteiger partial charge in [0, 0.05) is 30.1 Å². The Labute approximate surface area is 184 Å². The second-order valence-electron chi connectivity index (χ2n) is 9.87. The maximum atomic E-state index is 12.8. The van der Waals surface area contributed by atoms with E-state index in [1.165, 1.54) is 12.8 Å². The smallest absolute Gasteiger partial charge is 0.251 e. The number of phenolic OH excluding ortho intramolecular Hbond substituents is 1. The quantitative estimate of drug-likeness (QED) is 0.693. The highest BCUT2D eigenvalue weighted by Crippen LogP contribution is 2.52. The van der Waals surface area contributed by atoms with Gasteiger partial charge in [-0.15, -0.1) is 0 Å². The maximum Gasteiger partial charge on any atom is 0.251 e. The molecule has 3 atom stereocenters. The van der Waals surface area contributed by atoms with Gasteiger partial charge in [-0.05, 0) is 80.8 Å². The molecule has 2 aromatic carbocycles. The van der Waals surface area contributed by atoms with Crippen molar-refractivity contribution in [2.24, 2.45) is 5.92 Å². The summed E-state index contributed by atoms with van der Waals surface area (Å²) in [4.78, 5) is 15.2. The van der Waals surface area contributed by atoms with Gasteiger partial charge in [0.25, 0.3) is 5.91 Å². The predicted octanol–water partition coefficient (Wildman–Crippen LogP) is 3.46. The zero-order chi connectivity index (χ0) is 21.5. The van der Waals surface area contributed by atoms with E-state index in [0.29, 0.717) is 24.9 Å². The number of hydrogen-bond acceptors (Lipinski definition) is 4. The first-order chi connectivity index (χ1) is 15.0. The first kappa shape index (κ1) is 20.5. The van der Waals surface area contributed by atoms with E-state index in [1.807, 2.05) is 48.5 Å². The van der Waals surface area contributed by atoms with Crippen LogP contribution in [0.3, 0.4) is 0 Å². The van der Waals surface area contributed by atoms with E-state index < -0.39 is 11.0 Å². The topological polar surface area (TPSA) is 72.8 Å². The van der Waals surface area contributed by atoms with Gasteiger partial charge in [-0.3, -0.25) is 4.79 Å². The van der Waals surface area contributed by atoms with Crippen LogP contribution in [0.15, 0.2) is 54.6 Å². The zero-order valence-electron chi connectivity index (χ0n) is 18.0. The summed E-state index contributed by atoms with van der Waals surface area (Å²) in [5.41, 5.74) is 0.314. The number of likely N-dealkylation sites (tertiary alicyclic amines) is 1. The Bertz CT molecular complexity index is 945. The molecule has 5 rings (SSSR count). The summed E-state index contributed by atoms with van der Waals surface area (Å²) in [5, 5.41) is 25.4. The van der Waals surface area contributed by atoms with Crippen molar-refractivity contribution in [2.75, 3.05) is 19.6 Å². The Morgan fingerprint density at radius 3 is 2.61 bits per heavy atom. The molecule has 1 amide bonds. The summed E-state index contributed by atoms with van der Waals surface area (Å²) < 4.78 is 0. The normalized spacial score (nSPS) is 31.1. The summed E-state index contributed by atoms with van der Waals surface area (Å²) in [6.45, 7) is 2.68. The molecule has 0 unspecified atom stereocenters. The molecule has 31 heavy (non-hydrogen) atoms. The summed E-state index contributed by atoms with van der Waals surface area (Å²) >= 11 is 0. The number of aliphatic hydroxyl groups is 1. The highest BCUT2D eigenvalue weighted by atomic mass is 16.3. The van der Waals surface area contributed by atoms with E-state index in [9.17, 15) is 15.0 Å². The molecular weight excluding hydrogens is 388 g/mol. The Balaban J connectivity index is 1.42. The van der Waals surface area contributed by atoms with E-state index in [-0.39, 0.29) is 17.7 Å². The third kappa shape index (κ3) is 3.97. The summed E-state index contributed by atoms with van der Waals surface area (Å²) in [5.74, 6) is 0.955. The molecule has 3 N–H and O–H groups in total. The van der Waals surface area contributed by atoms with Gasteiger partial charge >= 0.3 is 0 Å². The molecule has 2 aromatic rings. The number of carbonyl (C=O) groups is 1. The van der Waals surface area contributed by atoms with Crippen molar-refractivity contribution in [2.45, 2.75) is 55.6 Å². The van der Waals surface area contributed by atoms with Crippen LogP contribution in [-0.4, -0.2) is 52.3 Å². The Morgan fingerprint density at radius 1 is 1.06 bits per heavy atom. The SMILES string of the molecule is O=C(N[C@@H]1CC[C@]2(O)CN(CC3CC3)CC[C@@]2(c2cccc(O)c2)C1)c1ccccc1. The molecular formula is C26H32N2O3. The molecule has 5 nitrogen and oxygen atoms in total. The Kier molecular flexibility index (Phi) is 5.27. The maximum absolute atomic E-state index is 12.8. The average Bonchev–Trinajstić information content (AvgIpc) is 3.58. The fourth-order valence-electron chi connectivity index (χ4n) is 5.87. The molecule has 3 aliphatic rings. The van der Waals surface area contributed by atoms with Crippen LogP contribution in [0.4, 0.5) is 0 Å². The Hall–Kier alpha value is -2.37. The molecule has 0 aromatic heterocycles. The number of amides is 1. The number of piperidine rings is 1. The number of hydrogen-bond donors (Lipinski definition) is 3. The lowest BCUT2D eigenvalue weighted by Gasteiger charge is -2.58. The number of benzene rings is 2. The van der Waals surface area contributed by atoms with Gasteiger partial charge in [-0.25, -0.2) is 0 Å². The van der Waals surface area contributed by atoms with Crippen LogP contribution in [0.5, 0.6) is 5.75 Å². The van der Waals surface area contributed by atoms with E-state index in [4.69, 9.17) is 0 Å². The Morgan fingerprint density at radius 2 is 1.87 bits per heavy atom. The van der Waals surface area contributed by atoms with E-state index in [2.05, 4.69) is 10.2 Å². The van der Waals surface area contributed by atoms with Crippen LogP contribution in [0.1, 0.15) is 54.4 Å². The third-order valence-corrected chi connectivity index (χ3v) is 7.72. The monoisotopic (exact) mass is 420 g/mol. The van der Waals surface area contributed by atoms with Crippen molar-refractivity contribution in [3.8, 4) is 5.75 Å². The molecule has 3 fully saturated rings. The van der Waals surface area contributed by atoms with Crippen molar-refractivity contribution in [3.05, 3.63) is 65.7 Å². The number of fused-ring (bicyclic) bond motifs is 1. The molecule has 0 spiro atoms. The van der Waals surface area contributed by atoms with Gasteiger partial charge in [0.1, 0.15) is 5.75 Å². The summed E-state index contributed by atoms with van der Waals surface area (Å²) in [6.07, 6.45) is 5.52. The summed E-state index contributed by atoms with van der Waals surface area (Å²) in [6, 6.07) is 16.7. The number of nitrogens with zero attached hydrogens (tertiary/aromatic N) is 1. The lowest BCUT2D eigenvalue weighted by Crippen LogP contribution is -2.67. The lowest BCUT2D eigenvalue weighted by atomic mass is 9.55. The van der Waals surface area contributed by atoms with E-state index in [0.717, 1.165) is 37.4 Å². The van der Waals surface area contributed by atoms with Crippen LogP contribution in [0.25, 0.3) is 0 Å². The molecule has 164 valence electrons. The van der Waals surface area contributed by atoms with Gasteiger partial charge in [-0.2, -0.15) is 0 Å². The first-order valence-electron chi connectivity index (χ1n) is 11.6. The minimum atomic E-state index is -0.859. The predicted molar refractivity (Wildman–Crippen MR) is 120 cm³/mol. The second-order valence-corrected chi connectivity index (χ2v) is 9.87. The molecule has 1 aliphatic heterocycles. The van der Waals surface area contributed by atoms with Gasteiger partial charge < -0.3 is 20.4 Å². The molecule has 0 bridgehead atoms. The van der Waals surface area contributed by atoms with Crippen LogP contribution in [0, 0.1) is 5.92 Å². The van der Waals surface area contributed by atoms with Crippen LogP contribution in [-0.2, 0) is 5.41 Å². The number of β-amino-alcohol motifs (C(OH)–C–C–N with tert-alkyl or cyclic N) is 1. The fourth-order valence-corrected chi connectivity index (χ4v) is 5.87. The molecule has 1 heterocycles. The molecule has 5 heteroatoms. The number of aromatic hydroxyl groups is 1. The highest BCUT2D eigenvalue weighted by Gasteiger charge is 2.57. The van der Waals surface area contributed by atoms with Crippen LogP contribution >= 0.6 is 0 Å². The van der Waals surface area contributed by atoms with Crippen molar-refractivity contribution in [1.82, 2.24) is 10.2 Å². The van der Waals surface area contributed by atoms with Crippen LogP contribution < -0.4 is 5.32 Å². The average molecular weight is 421 g/mol.